The van der Waals surface area contributed by atoms with Crippen LogP contribution in [0.1, 0.15) is 71.1 Å². The molecule has 124 valence electrons. The van der Waals surface area contributed by atoms with E-state index in [0.717, 1.165) is 19.0 Å². The van der Waals surface area contributed by atoms with E-state index in [-0.39, 0.29) is 0 Å². The predicted octanol–water partition coefficient (Wildman–Crippen LogP) is 3.16. The molecule has 2 aliphatic carbocycles. The average molecular weight is 296 g/mol. The molecule has 2 aliphatic rings. The maximum Gasteiger partial charge on any atom is 0.0558 e. The molecule has 3 unspecified atom stereocenters. The van der Waals surface area contributed by atoms with Crippen LogP contribution >= 0.6 is 0 Å². The first-order valence-electron chi connectivity index (χ1n) is 9.36. The van der Waals surface area contributed by atoms with Gasteiger partial charge in [0.25, 0.3) is 0 Å². The fraction of sp³-hybridized carbons (Fsp3) is 1.00. The highest BCUT2D eigenvalue weighted by molar-refractivity contribution is 4.91. The van der Waals surface area contributed by atoms with Crippen molar-refractivity contribution < 1.29 is 5.11 Å². The van der Waals surface area contributed by atoms with E-state index in [2.05, 4.69) is 11.8 Å². The molecule has 3 atom stereocenters. The van der Waals surface area contributed by atoms with Gasteiger partial charge in [-0.3, -0.25) is 4.90 Å². The molecule has 3 N–H and O–H groups in total. The Morgan fingerprint density at radius 1 is 1.10 bits per heavy atom. The van der Waals surface area contributed by atoms with E-state index in [4.69, 9.17) is 5.73 Å². The van der Waals surface area contributed by atoms with Gasteiger partial charge in [-0.15, -0.1) is 0 Å². The van der Waals surface area contributed by atoms with Crippen molar-refractivity contribution in [2.45, 2.75) is 83.2 Å². The van der Waals surface area contributed by atoms with Gasteiger partial charge in [0.05, 0.1) is 6.61 Å². The van der Waals surface area contributed by atoms with Gasteiger partial charge in [0, 0.05) is 18.6 Å². The van der Waals surface area contributed by atoms with Crippen LogP contribution in [0.25, 0.3) is 0 Å². The fourth-order valence-electron chi connectivity index (χ4n) is 4.79. The minimum absolute atomic E-state index is 0.294. The smallest absolute Gasteiger partial charge is 0.0558 e. The number of aliphatic hydroxyl groups is 1. The molecule has 0 saturated heterocycles. The SMILES string of the molecule is CCCC1CCC(CN)C(N(CCO)C2CCCCC2)C1. The Morgan fingerprint density at radius 3 is 2.48 bits per heavy atom. The van der Waals surface area contributed by atoms with Crippen LogP contribution < -0.4 is 5.73 Å². The van der Waals surface area contributed by atoms with Crippen molar-refractivity contribution in [2.75, 3.05) is 19.7 Å². The van der Waals surface area contributed by atoms with Gasteiger partial charge in [0.1, 0.15) is 0 Å². The molecule has 0 spiro atoms. The number of nitrogens with zero attached hydrogens (tertiary/aromatic N) is 1. The van der Waals surface area contributed by atoms with Crippen molar-refractivity contribution in [3.8, 4) is 0 Å². The second kappa shape index (κ2) is 9.12. The maximum atomic E-state index is 9.55. The zero-order valence-electron chi connectivity index (χ0n) is 14.0. The minimum Gasteiger partial charge on any atom is -0.395 e. The Balaban J connectivity index is 2.05. The van der Waals surface area contributed by atoms with Gasteiger partial charge in [-0.05, 0) is 44.1 Å². The normalized spacial score (nSPS) is 31.7. The third-order valence-corrected chi connectivity index (χ3v) is 5.89. The quantitative estimate of drug-likeness (QED) is 0.759. The third-order valence-electron chi connectivity index (χ3n) is 5.89. The standard InChI is InChI=1S/C18H36N2O/c1-2-6-15-9-10-16(14-19)18(13-15)20(11-12-21)17-7-4-3-5-8-17/h15-18,21H,2-14,19H2,1H3. The average Bonchev–Trinajstić information content (AvgIpc) is 2.54. The van der Waals surface area contributed by atoms with Crippen LogP contribution in [-0.2, 0) is 0 Å². The van der Waals surface area contributed by atoms with Crippen LogP contribution in [0, 0.1) is 11.8 Å². The lowest BCUT2D eigenvalue weighted by Crippen LogP contribution is -2.52. The Kier molecular flexibility index (Phi) is 7.48. The Hall–Kier alpha value is -0.120. The molecular weight excluding hydrogens is 260 g/mol. The van der Waals surface area contributed by atoms with Gasteiger partial charge in [-0.25, -0.2) is 0 Å². The second-order valence-electron chi connectivity index (χ2n) is 7.28. The van der Waals surface area contributed by atoms with E-state index < -0.39 is 0 Å². The van der Waals surface area contributed by atoms with Crippen LogP contribution in [-0.4, -0.2) is 41.8 Å². The summed E-state index contributed by atoms with van der Waals surface area (Å²) in [6, 6.07) is 1.32. The van der Waals surface area contributed by atoms with Gasteiger partial charge >= 0.3 is 0 Å². The van der Waals surface area contributed by atoms with Crippen LogP contribution in [0.2, 0.25) is 0 Å². The molecule has 2 saturated carbocycles. The number of rotatable bonds is 7. The van der Waals surface area contributed by atoms with Crippen molar-refractivity contribution in [1.82, 2.24) is 4.90 Å². The monoisotopic (exact) mass is 296 g/mol. The lowest BCUT2D eigenvalue weighted by molar-refractivity contribution is 0.0190. The second-order valence-corrected chi connectivity index (χ2v) is 7.28. The summed E-state index contributed by atoms with van der Waals surface area (Å²) in [7, 11) is 0. The topological polar surface area (TPSA) is 49.5 Å². The summed E-state index contributed by atoms with van der Waals surface area (Å²) in [5, 5.41) is 9.55. The third kappa shape index (κ3) is 4.67. The molecule has 3 heteroatoms. The number of hydrogen-bond donors (Lipinski definition) is 2. The van der Waals surface area contributed by atoms with Crippen molar-refractivity contribution >= 4 is 0 Å². The van der Waals surface area contributed by atoms with E-state index in [1.807, 2.05) is 0 Å². The van der Waals surface area contributed by atoms with Gasteiger partial charge < -0.3 is 10.8 Å². The summed E-state index contributed by atoms with van der Waals surface area (Å²) in [4.78, 5) is 2.67. The highest BCUT2D eigenvalue weighted by atomic mass is 16.3. The largest absolute Gasteiger partial charge is 0.395 e. The van der Waals surface area contributed by atoms with Crippen molar-refractivity contribution in [3.63, 3.8) is 0 Å². The van der Waals surface area contributed by atoms with E-state index in [0.29, 0.717) is 24.6 Å². The first-order chi connectivity index (χ1) is 10.3. The fourth-order valence-corrected chi connectivity index (χ4v) is 4.79. The highest BCUT2D eigenvalue weighted by Crippen LogP contribution is 2.37. The molecule has 0 aromatic rings. The highest BCUT2D eigenvalue weighted by Gasteiger charge is 2.36. The van der Waals surface area contributed by atoms with E-state index in [1.54, 1.807) is 0 Å². The zero-order chi connectivity index (χ0) is 15.1. The molecule has 2 fully saturated rings. The molecule has 0 amide bonds. The van der Waals surface area contributed by atoms with Crippen molar-refractivity contribution in [3.05, 3.63) is 0 Å². The lowest BCUT2D eigenvalue weighted by atomic mass is 9.75. The number of hydrogen-bond acceptors (Lipinski definition) is 3. The Labute approximate surface area is 131 Å². The molecule has 0 aromatic heterocycles. The summed E-state index contributed by atoms with van der Waals surface area (Å²) in [5.74, 6) is 1.53. The van der Waals surface area contributed by atoms with Crippen LogP contribution in [0.15, 0.2) is 0 Å². The lowest BCUT2D eigenvalue weighted by Gasteiger charge is -2.47. The van der Waals surface area contributed by atoms with E-state index in [1.165, 1.54) is 64.2 Å². The Morgan fingerprint density at radius 2 is 1.86 bits per heavy atom. The van der Waals surface area contributed by atoms with Gasteiger partial charge in [0.2, 0.25) is 0 Å². The molecule has 21 heavy (non-hydrogen) atoms. The minimum atomic E-state index is 0.294. The first-order valence-corrected chi connectivity index (χ1v) is 9.36. The zero-order valence-corrected chi connectivity index (χ0v) is 14.0. The molecule has 0 aliphatic heterocycles. The van der Waals surface area contributed by atoms with Gasteiger partial charge in [-0.1, -0.05) is 45.4 Å². The molecule has 0 bridgehead atoms. The van der Waals surface area contributed by atoms with Crippen LogP contribution in [0.4, 0.5) is 0 Å². The van der Waals surface area contributed by atoms with Crippen LogP contribution in [0.5, 0.6) is 0 Å². The maximum absolute atomic E-state index is 9.55. The summed E-state index contributed by atoms with van der Waals surface area (Å²) < 4.78 is 0. The molecular formula is C18H36N2O. The summed E-state index contributed by atoms with van der Waals surface area (Å²) in [6.45, 7) is 4.27. The molecule has 3 nitrogen and oxygen atoms in total. The Bertz CT molecular complexity index is 278. The van der Waals surface area contributed by atoms with Crippen molar-refractivity contribution in [1.29, 1.82) is 0 Å². The van der Waals surface area contributed by atoms with Gasteiger partial charge in [-0.2, -0.15) is 0 Å². The molecule has 0 aromatic carbocycles. The number of aliphatic hydroxyl groups excluding tert-OH is 1. The molecule has 2 rings (SSSR count). The summed E-state index contributed by atoms with van der Waals surface area (Å²) >= 11 is 0. The van der Waals surface area contributed by atoms with E-state index in [9.17, 15) is 5.11 Å². The van der Waals surface area contributed by atoms with Crippen molar-refractivity contribution in [2.24, 2.45) is 17.6 Å². The van der Waals surface area contributed by atoms with Gasteiger partial charge in [0.15, 0.2) is 0 Å². The van der Waals surface area contributed by atoms with E-state index >= 15 is 0 Å². The molecule has 0 heterocycles. The first kappa shape index (κ1) is 17.2. The number of nitrogens with two attached hydrogens (primary N) is 1. The van der Waals surface area contributed by atoms with Crippen LogP contribution in [0.3, 0.4) is 0 Å². The summed E-state index contributed by atoms with van der Waals surface area (Å²) in [6.07, 6.45) is 13.4. The summed E-state index contributed by atoms with van der Waals surface area (Å²) in [5.41, 5.74) is 6.09. The molecule has 0 radical (unpaired) electrons. The predicted molar refractivity (Wildman–Crippen MR) is 89.2 cm³/mol.